The Hall–Kier alpha value is -2.34. The van der Waals surface area contributed by atoms with Crippen LogP contribution in [-0.4, -0.2) is 17.0 Å². The Morgan fingerprint density at radius 3 is 2.90 bits per heavy atom. The number of anilines is 1. The molecule has 2 aromatic rings. The van der Waals surface area contributed by atoms with Crippen molar-refractivity contribution < 1.29 is 10.0 Å². The molecule has 1 aromatic heterocycles. The second-order valence-corrected chi connectivity index (χ2v) is 6.03. The minimum Gasteiger partial charge on any atom is -0.409 e. The summed E-state index contributed by atoms with van der Waals surface area (Å²) in [4.78, 5) is 14.4. The van der Waals surface area contributed by atoms with E-state index in [0.29, 0.717) is 16.1 Å². The Kier molecular flexibility index (Phi) is 3.62. The highest BCUT2D eigenvalue weighted by molar-refractivity contribution is 7.14. The molecule has 1 aliphatic rings. The third kappa shape index (κ3) is 2.62. The van der Waals surface area contributed by atoms with Crippen LogP contribution < -0.4 is 11.1 Å². The van der Waals surface area contributed by atoms with Crippen LogP contribution in [0.3, 0.4) is 0 Å². The van der Waals surface area contributed by atoms with E-state index in [-0.39, 0.29) is 11.7 Å². The molecule has 1 amide bonds. The highest BCUT2D eigenvalue weighted by Crippen LogP contribution is 2.31. The maximum absolute atomic E-state index is 12.3. The summed E-state index contributed by atoms with van der Waals surface area (Å²) in [5.74, 6) is -0.188. The smallest absolute Gasteiger partial charge is 0.265 e. The van der Waals surface area contributed by atoms with Gasteiger partial charge in [0.1, 0.15) is 0 Å². The Morgan fingerprint density at radius 2 is 2.14 bits per heavy atom. The van der Waals surface area contributed by atoms with Crippen LogP contribution in [0.25, 0.3) is 0 Å². The summed E-state index contributed by atoms with van der Waals surface area (Å²) in [6.45, 7) is 0. The van der Waals surface area contributed by atoms with E-state index in [1.54, 1.807) is 35.6 Å². The monoisotopic (exact) mass is 301 g/mol. The maximum atomic E-state index is 12.3. The van der Waals surface area contributed by atoms with Crippen LogP contribution in [-0.2, 0) is 12.8 Å². The lowest BCUT2D eigenvalue weighted by molar-refractivity contribution is 0.103. The molecule has 0 unspecified atom stereocenters. The second-order valence-electron chi connectivity index (χ2n) is 4.90. The number of oxime groups is 1. The summed E-state index contributed by atoms with van der Waals surface area (Å²) in [6, 6.07) is 8.95. The van der Waals surface area contributed by atoms with Crippen molar-refractivity contribution in [2.45, 2.75) is 19.3 Å². The predicted molar refractivity (Wildman–Crippen MR) is 83.3 cm³/mol. The number of amidine groups is 1. The van der Waals surface area contributed by atoms with Crippen molar-refractivity contribution in [3.63, 3.8) is 0 Å². The lowest BCUT2D eigenvalue weighted by Crippen LogP contribution is -2.18. The number of benzene rings is 1. The van der Waals surface area contributed by atoms with Crippen molar-refractivity contribution in [2.75, 3.05) is 5.32 Å². The number of hydrogen-bond acceptors (Lipinski definition) is 4. The summed E-state index contributed by atoms with van der Waals surface area (Å²) in [6.07, 6.45) is 3.29. The van der Waals surface area contributed by atoms with E-state index < -0.39 is 0 Å². The van der Waals surface area contributed by atoms with Crippen LogP contribution in [0.15, 0.2) is 35.5 Å². The zero-order chi connectivity index (χ0) is 14.8. The van der Waals surface area contributed by atoms with Gasteiger partial charge in [0.2, 0.25) is 0 Å². The predicted octanol–water partition coefficient (Wildman–Crippen LogP) is 2.58. The van der Waals surface area contributed by atoms with Gasteiger partial charge < -0.3 is 16.3 Å². The van der Waals surface area contributed by atoms with Gasteiger partial charge in [0.15, 0.2) is 5.84 Å². The standard InChI is InChI=1S/C15H15N3O2S/c16-14(18-20)10-5-1-2-6-11(10)17-15(19)13-8-9-4-3-7-12(9)21-13/h1-2,5-6,8,20H,3-4,7H2,(H2,16,18)(H,17,19). The molecule has 0 saturated carbocycles. The number of para-hydroxylation sites is 1. The van der Waals surface area contributed by atoms with Crippen molar-refractivity contribution in [1.29, 1.82) is 0 Å². The number of carbonyl (C=O) groups is 1. The third-order valence-electron chi connectivity index (χ3n) is 3.53. The van der Waals surface area contributed by atoms with Crippen molar-refractivity contribution in [3.8, 4) is 0 Å². The van der Waals surface area contributed by atoms with E-state index in [0.717, 1.165) is 12.8 Å². The lowest BCUT2D eigenvalue weighted by atomic mass is 10.1. The Morgan fingerprint density at radius 1 is 1.33 bits per heavy atom. The van der Waals surface area contributed by atoms with Crippen LogP contribution in [0, 0.1) is 0 Å². The topological polar surface area (TPSA) is 87.7 Å². The van der Waals surface area contributed by atoms with Crippen molar-refractivity contribution in [3.05, 3.63) is 51.2 Å². The van der Waals surface area contributed by atoms with Gasteiger partial charge in [-0.2, -0.15) is 0 Å². The van der Waals surface area contributed by atoms with Gasteiger partial charge in [0.05, 0.1) is 10.6 Å². The molecule has 108 valence electrons. The van der Waals surface area contributed by atoms with E-state index in [1.807, 2.05) is 6.07 Å². The number of rotatable bonds is 3. The molecule has 21 heavy (non-hydrogen) atoms. The number of thiophene rings is 1. The van der Waals surface area contributed by atoms with Gasteiger partial charge in [-0.05, 0) is 43.0 Å². The zero-order valence-electron chi connectivity index (χ0n) is 11.3. The van der Waals surface area contributed by atoms with Crippen LogP contribution in [0.5, 0.6) is 0 Å². The third-order valence-corrected chi connectivity index (χ3v) is 4.77. The SMILES string of the molecule is N/C(=N/O)c1ccccc1NC(=O)c1cc2c(s1)CCC2. The first-order valence-electron chi connectivity index (χ1n) is 6.69. The number of amides is 1. The number of hydrogen-bond donors (Lipinski definition) is 3. The molecule has 1 aliphatic carbocycles. The van der Waals surface area contributed by atoms with Gasteiger partial charge in [0.25, 0.3) is 5.91 Å². The quantitative estimate of drug-likeness (QED) is 0.352. The lowest BCUT2D eigenvalue weighted by Gasteiger charge is -2.09. The highest BCUT2D eigenvalue weighted by Gasteiger charge is 2.19. The molecule has 5 nitrogen and oxygen atoms in total. The summed E-state index contributed by atoms with van der Waals surface area (Å²) in [5, 5.41) is 14.6. The molecule has 1 aromatic carbocycles. The number of nitrogens with zero attached hydrogens (tertiary/aromatic N) is 1. The molecule has 1 heterocycles. The van der Waals surface area contributed by atoms with Gasteiger partial charge >= 0.3 is 0 Å². The van der Waals surface area contributed by atoms with Crippen molar-refractivity contribution >= 4 is 28.8 Å². The second kappa shape index (κ2) is 5.57. The fourth-order valence-corrected chi connectivity index (χ4v) is 3.64. The molecule has 4 N–H and O–H groups in total. The van der Waals surface area contributed by atoms with E-state index in [4.69, 9.17) is 10.9 Å². The Balaban J connectivity index is 1.84. The number of nitrogens with one attached hydrogen (secondary N) is 1. The number of aryl methyl sites for hydroxylation is 2. The number of carbonyl (C=O) groups excluding carboxylic acids is 1. The van der Waals surface area contributed by atoms with Crippen molar-refractivity contribution in [1.82, 2.24) is 0 Å². The summed E-state index contributed by atoms with van der Waals surface area (Å²) < 4.78 is 0. The van der Waals surface area contributed by atoms with Crippen LogP contribution >= 0.6 is 11.3 Å². The molecule has 0 bridgehead atoms. The largest absolute Gasteiger partial charge is 0.409 e. The molecule has 0 saturated heterocycles. The van der Waals surface area contributed by atoms with E-state index in [9.17, 15) is 4.79 Å². The molecule has 6 heteroatoms. The fourth-order valence-electron chi connectivity index (χ4n) is 2.49. The summed E-state index contributed by atoms with van der Waals surface area (Å²) >= 11 is 1.55. The number of fused-ring (bicyclic) bond motifs is 1. The van der Waals surface area contributed by atoms with Crippen LogP contribution in [0.1, 0.15) is 32.1 Å². The summed E-state index contributed by atoms with van der Waals surface area (Å²) in [7, 11) is 0. The maximum Gasteiger partial charge on any atom is 0.265 e. The molecule has 0 spiro atoms. The Labute approximate surface area is 126 Å². The minimum absolute atomic E-state index is 0.0282. The first kappa shape index (κ1) is 13.6. The molecule has 3 rings (SSSR count). The van der Waals surface area contributed by atoms with Gasteiger partial charge in [-0.3, -0.25) is 4.79 Å². The Bertz CT molecular complexity index is 700. The molecule has 0 radical (unpaired) electrons. The van der Waals surface area contributed by atoms with Gasteiger partial charge in [0, 0.05) is 10.4 Å². The van der Waals surface area contributed by atoms with Crippen LogP contribution in [0.4, 0.5) is 5.69 Å². The normalized spacial score (nSPS) is 14.0. The van der Waals surface area contributed by atoms with Crippen LogP contribution in [0.2, 0.25) is 0 Å². The molecule has 0 atom stereocenters. The first-order valence-corrected chi connectivity index (χ1v) is 7.50. The average molecular weight is 301 g/mol. The molecular formula is C15H15N3O2S. The fraction of sp³-hybridized carbons (Fsp3) is 0.200. The molecular weight excluding hydrogens is 286 g/mol. The van der Waals surface area contributed by atoms with Crippen molar-refractivity contribution in [2.24, 2.45) is 10.9 Å². The van der Waals surface area contributed by atoms with E-state index in [1.165, 1.54) is 16.9 Å². The first-order chi connectivity index (χ1) is 10.2. The number of nitrogens with two attached hydrogens (primary N) is 1. The van der Waals surface area contributed by atoms with Gasteiger partial charge in [-0.1, -0.05) is 17.3 Å². The zero-order valence-corrected chi connectivity index (χ0v) is 12.1. The average Bonchev–Trinajstić information content (AvgIpc) is 3.08. The van der Waals surface area contributed by atoms with Gasteiger partial charge in [-0.25, -0.2) is 0 Å². The highest BCUT2D eigenvalue weighted by atomic mass is 32.1. The minimum atomic E-state index is -0.160. The summed E-state index contributed by atoms with van der Waals surface area (Å²) in [5.41, 5.74) is 7.94. The van der Waals surface area contributed by atoms with E-state index in [2.05, 4.69) is 10.5 Å². The van der Waals surface area contributed by atoms with E-state index >= 15 is 0 Å². The molecule has 0 aliphatic heterocycles. The molecule has 0 fully saturated rings. The van der Waals surface area contributed by atoms with Gasteiger partial charge in [-0.15, -0.1) is 11.3 Å².